The second kappa shape index (κ2) is 11.0. The zero-order valence-corrected chi connectivity index (χ0v) is 19.9. The summed E-state index contributed by atoms with van der Waals surface area (Å²) >= 11 is 12.1. The summed E-state index contributed by atoms with van der Waals surface area (Å²) in [6.07, 6.45) is -1.90. The summed E-state index contributed by atoms with van der Waals surface area (Å²) in [5.74, 6) is 0.665. The van der Waals surface area contributed by atoms with Gasteiger partial charge in [-0.2, -0.15) is 23.4 Å². The second-order valence-electron chi connectivity index (χ2n) is 7.41. The van der Waals surface area contributed by atoms with Gasteiger partial charge < -0.3 is 15.3 Å². The molecule has 7 nitrogen and oxygen atoms in total. The van der Waals surface area contributed by atoms with E-state index in [1.807, 2.05) is 0 Å². The zero-order chi connectivity index (χ0) is 25.7. The number of hydrogen-bond acceptors (Lipinski definition) is 6. The minimum absolute atomic E-state index is 0.0539. The standard InChI is InChI=1S/C24H18Cl2F3N5O2/c25-17-7-5-16(6-8-17)20-13-32-34(14-35)23(22(20)36-19-3-1-2-18(26)10-19)33-31-12-15-4-9-21(30-11-15)24(27,28)29/h1-11,13,31,35H,12,14H2/b33-23-. The second-order valence-corrected chi connectivity index (χ2v) is 8.29. The van der Waals surface area contributed by atoms with Crippen LogP contribution in [0, 0.1) is 0 Å². The fourth-order valence-electron chi connectivity index (χ4n) is 3.18. The van der Waals surface area contributed by atoms with Gasteiger partial charge in [0.25, 0.3) is 0 Å². The van der Waals surface area contributed by atoms with Gasteiger partial charge in [-0.15, -0.1) is 0 Å². The maximum Gasteiger partial charge on any atom is 0.433 e. The Balaban J connectivity index is 1.74. The van der Waals surface area contributed by atoms with Crippen LogP contribution in [0.3, 0.4) is 0 Å². The van der Waals surface area contributed by atoms with Gasteiger partial charge in [0.15, 0.2) is 5.75 Å². The van der Waals surface area contributed by atoms with Crippen LogP contribution in [0.15, 0.2) is 78.2 Å². The third-order valence-corrected chi connectivity index (χ3v) is 5.39. The number of nitrogens with one attached hydrogen (secondary N) is 1. The molecule has 0 fully saturated rings. The zero-order valence-electron chi connectivity index (χ0n) is 18.4. The summed E-state index contributed by atoms with van der Waals surface area (Å²) in [4.78, 5) is 3.44. The van der Waals surface area contributed by atoms with Gasteiger partial charge >= 0.3 is 6.18 Å². The largest absolute Gasteiger partial charge is 0.453 e. The molecule has 0 atom stereocenters. The number of nitrogens with zero attached hydrogens (tertiary/aromatic N) is 4. The van der Waals surface area contributed by atoms with E-state index in [9.17, 15) is 18.3 Å². The molecule has 2 N–H and O–H groups in total. The van der Waals surface area contributed by atoms with Crippen molar-refractivity contribution in [2.75, 3.05) is 0 Å². The average molecular weight is 536 g/mol. The molecule has 4 rings (SSSR count). The Morgan fingerprint density at radius 1 is 1.00 bits per heavy atom. The summed E-state index contributed by atoms with van der Waals surface area (Å²) in [5, 5.41) is 19.4. The lowest BCUT2D eigenvalue weighted by Crippen LogP contribution is -2.28. The maximum atomic E-state index is 12.8. The Labute approximate surface area is 213 Å². The average Bonchev–Trinajstić information content (AvgIpc) is 2.85. The SMILES string of the molecule is OCn1ncc(-c2ccc(Cl)cc2)c(Oc2cccc(Cl)c2)/c1=N/NCc1ccc(C(F)(F)F)nc1. The highest BCUT2D eigenvalue weighted by atomic mass is 35.5. The molecule has 4 aromatic rings. The van der Waals surface area contributed by atoms with E-state index in [1.54, 1.807) is 48.5 Å². The molecule has 2 aromatic heterocycles. The van der Waals surface area contributed by atoms with Gasteiger partial charge in [0.1, 0.15) is 18.2 Å². The monoisotopic (exact) mass is 535 g/mol. The van der Waals surface area contributed by atoms with Crippen molar-refractivity contribution in [2.24, 2.45) is 5.10 Å². The van der Waals surface area contributed by atoms with Gasteiger partial charge in [-0.1, -0.05) is 47.5 Å². The quantitative estimate of drug-likeness (QED) is 0.300. The number of pyridine rings is 1. The first-order valence-electron chi connectivity index (χ1n) is 10.4. The summed E-state index contributed by atoms with van der Waals surface area (Å²) in [7, 11) is 0. The van der Waals surface area contributed by atoms with E-state index in [-0.39, 0.29) is 17.8 Å². The summed E-state index contributed by atoms with van der Waals surface area (Å²) in [6.45, 7) is -0.465. The number of rotatable bonds is 7. The molecule has 0 bridgehead atoms. The fraction of sp³-hybridized carbons (Fsp3) is 0.125. The predicted molar refractivity (Wildman–Crippen MR) is 128 cm³/mol. The first-order valence-corrected chi connectivity index (χ1v) is 11.2. The van der Waals surface area contributed by atoms with Crippen LogP contribution < -0.4 is 15.7 Å². The Bertz CT molecular complexity index is 1410. The normalized spacial score (nSPS) is 12.0. The molecule has 36 heavy (non-hydrogen) atoms. The number of benzene rings is 2. The van der Waals surface area contributed by atoms with Gasteiger partial charge in [-0.25, -0.2) is 4.68 Å². The van der Waals surface area contributed by atoms with Crippen LogP contribution in [0.25, 0.3) is 11.1 Å². The maximum absolute atomic E-state index is 12.8. The molecule has 0 aliphatic rings. The van der Waals surface area contributed by atoms with Gasteiger partial charge in [-0.3, -0.25) is 4.98 Å². The van der Waals surface area contributed by atoms with Crippen LogP contribution in [-0.4, -0.2) is 19.9 Å². The highest BCUT2D eigenvalue weighted by Crippen LogP contribution is 2.31. The van der Waals surface area contributed by atoms with E-state index in [2.05, 4.69) is 20.6 Å². The molecular weight excluding hydrogens is 518 g/mol. The Kier molecular flexibility index (Phi) is 7.78. The van der Waals surface area contributed by atoms with Crippen LogP contribution in [0.4, 0.5) is 13.2 Å². The van der Waals surface area contributed by atoms with Crippen molar-refractivity contribution >= 4 is 23.2 Å². The minimum Gasteiger partial charge on any atom is -0.453 e. The number of alkyl halides is 3. The van der Waals surface area contributed by atoms with E-state index in [1.165, 1.54) is 16.9 Å². The molecule has 2 heterocycles. The third kappa shape index (κ3) is 6.14. The lowest BCUT2D eigenvalue weighted by Gasteiger charge is -2.15. The van der Waals surface area contributed by atoms with Crippen molar-refractivity contribution in [1.29, 1.82) is 0 Å². The topological polar surface area (TPSA) is 84.6 Å². The van der Waals surface area contributed by atoms with Crippen molar-refractivity contribution in [3.63, 3.8) is 0 Å². The van der Waals surface area contributed by atoms with Gasteiger partial charge in [0.2, 0.25) is 5.49 Å². The molecule has 0 spiro atoms. The molecule has 0 saturated carbocycles. The number of aliphatic hydroxyl groups excluding tert-OH is 1. The van der Waals surface area contributed by atoms with Gasteiger partial charge in [-0.05, 0) is 47.5 Å². The van der Waals surface area contributed by atoms with Crippen LogP contribution in [0.1, 0.15) is 11.3 Å². The first-order chi connectivity index (χ1) is 17.2. The van der Waals surface area contributed by atoms with Crippen molar-refractivity contribution in [3.8, 4) is 22.6 Å². The molecule has 0 amide bonds. The minimum atomic E-state index is -4.52. The number of aromatic nitrogens is 3. The summed E-state index contributed by atoms with van der Waals surface area (Å²) in [5.41, 5.74) is 3.65. The van der Waals surface area contributed by atoms with Gasteiger partial charge in [0, 0.05) is 21.8 Å². The lowest BCUT2D eigenvalue weighted by molar-refractivity contribution is -0.141. The number of halogens is 5. The van der Waals surface area contributed by atoms with Crippen molar-refractivity contribution in [1.82, 2.24) is 20.2 Å². The Morgan fingerprint density at radius 3 is 2.42 bits per heavy atom. The van der Waals surface area contributed by atoms with E-state index in [4.69, 9.17) is 27.9 Å². The molecule has 0 aliphatic carbocycles. The fourth-order valence-corrected chi connectivity index (χ4v) is 3.48. The van der Waals surface area contributed by atoms with Crippen LogP contribution in [0.5, 0.6) is 11.5 Å². The molecule has 0 unspecified atom stereocenters. The highest BCUT2D eigenvalue weighted by Gasteiger charge is 2.31. The smallest absolute Gasteiger partial charge is 0.433 e. The molecular formula is C24H18Cl2F3N5O2. The third-order valence-electron chi connectivity index (χ3n) is 4.91. The van der Waals surface area contributed by atoms with Crippen LogP contribution >= 0.6 is 23.2 Å². The van der Waals surface area contributed by atoms with E-state index in [0.29, 0.717) is 26.9 Å². The van der Waals surface area contributed by atoms with E-state index >= 15 is 0 Å². The molecule has 0 radical (unpaired) electrons. The number of aliphatic hydroxyl groups is 1. The highest BCUT2D eigenvalue weighted by molar-refractivity contribution is 6.31. The van der Waals surface area contributed by atoms with E-state index in [0.717, 1.165) is 17.8 Å². The van der Waals surface area contributed by atoms with E-state index < -0.39 is 18.6 Å². The predicted octanol–water partition coefficient (Wildman–Crippen LogP) is 5.62. The van der Waals surface area contributed by atoms with Crippen LogP contribution in [0.2, 0.25) is 10.0 Å². The number of hydrogen-bond donors (Lipinski definition) is 2. The molecule has 186 valence electrons. The van der Waals surface area contributed by atoms with Crippen molar-refractivity contribution in [2.45, 2.75) is 19.5 Å². The molecule has 2 aromatic carbocycles. The van der Waals surface area contributed by atoms with Crippen molar-refractivity contribution in [3.05, 3.63) is 99.8 Å². The van der Waals surface area contributed by atoms with Gasteiger partial charge in [0.05, 0.1) is 12.7 Å². The van der Waals surface area contributed by atoms with Crippen LogP contribution in [-0.2, 0) is 19.5 Å². The molecule has 12 heteroatoms. The number of ether oxygens (including phenoxy) is 1. The first kappa shape index (κ1) is 25.5. The Morgan fingerprint density at radius 2 is 1.78 bits per heavy atom. The van der Waals surface area contributed by atoms with Crippen molar-refractivity contribution < 1.29 is 23.0 Å². The summed E-state index contributed by atoms with van der Waals surface area (Å²) in [6, 6.07) is 15.9. The molecule has 0 aliphatic heterocycles. The lowest BCUT2D eigenvalue weighted by atomic mass is 10.1. The molecule has 0 saturated heterocycles. The summed E-state index contributed by atoms with van der Waals surface area (Å²) < 4.78 is 45.6. The Hall–Kier alpha value is -3.60.